The van der Waals surface area contributed by atoms with E-state index in [0.717, 1.165) is 21.9 Å². The van der Waals surface area contributed by atoms with Gasteiger partial charge in [0.15, 0.2) is 5.16 Å². The third kappa shape index (κ3) is 6.29. The smallest absolute Gasteiger partial charge is 0.378 e. The highest BCUT2D eigenvalue weighted by atomic mass is 32.2. The van der Waals surface area contributed by atoms with E-state index < -0.39 is 12.7 Å². The SMILES string of the molecule is O=C(CSc1nnc(N2CCOCC2)n1CC(F)(F)F)N(Cc1ccccc1)c1ccccc1. The molecule has 1 aliphatic heterocycles. The molecule has 3 aromatic rings. The summed E-state index contributed by atoms with van der Waals surface area (Å²) in [4.78, 5) is 16.6. The van der Waals surface area contributed by atoms with Gasteiger partial charge in [-0.05, 0) is 17.7 Å². The topological polar surface area (TPSA) is 63.5 Å². The lowest BCUT2D eigenvalue weighted by atomic mass is 10.2. The van der Waals surface area contributed by atoms with Crippen LogP contribution in [0.5, 0.6) is 0 Å². The molecule has 1 amide bonds. The Hall–Kier alpha value is -3.05. The Morgan fingerprint density at radius 1 is 1.00 bits per heavy atom. The number of para-hydroxylation sites is 1. The zero-order chi connectivity index (χ0) is 24.0. The van der Waals surface area contributed by atoms with E-state index in [9.17, 15) is 18.0 Å². The number of alkyl halides is 3. The van der Waals surface area contributed by atoms with Crippen molar-refractivity contribution in [3.8, 4) is 0 Å². The molecular weight excluding hydrogens is 467 g/mol. The molecule has 2 heterocycles. The maximum atomic E-state index is 13.3. The summed E-state index contributed by atoms with van der Waals surface area (Å²) in [5.41, 5.74) is 1.65. The van der Waals surface area contributed by atoms with Gasteiger partial charge < -0.3 is 14.5 Å². The van der Waals surface area contributed by atoms with E-state index in [2.05, 4.69) is 10.2 Å². The molecule has 0 atom stereocenters. The lowest BCUT2D eigenvalue weighted by molar-refractivity contribution is -0.141. The zero-order valence-electron chi connectivity index (χ0n) is 18.3. The molecule has 180 valence electrons. The highest BCUT2D eigenvalue weighted by Crippen LogP contribution is 2.28. The fourth-order valence-corrected chi connectivity index (χ4v) is 4.41. The molecule has 0 bridgehead atoms. The van der Waals surface area contributed by atoms with Crippen LogP contribution in [0.15, 0.2) is 65.8 Å². The number of carbonyl (C=O) groups is 1. The van der Waals surface area contributed by atoms with Gasteiger partial charge in [0.1, 0.15) is 6.54 Å². The number of amides is 1. The quantitative estimate of drug-likeness (QED) is 0.444. The van der Waals surface area contributed by atoms with Gasteiger partial charge in [-0.1, -0.05) is 60.3 Å². The van der Waals surface area contributed by atoms with Gasteiger partial charge in [0, 0.05) is 18.8 Å². The number of hydrogen-bond donors (Lipinski definition) is 0. The minimum atomic E-state index is -4.45. The van der Waals surface area contributed by atoms with Gasteiger partial charge in [0.05, 0.1) is 25.5 Å². The Morgan fingerprint density at radius 3 is 2.29 bits per heavy atom. The van der Waals surface area contributed by atoms with E-state index >= 15 is 0 Å². The number of halogens is 3. The molecule has 34 heavy (non-hydrogen) atoms. The predicted octanol–water partition coefficient (Wildman–Crippen LogP) is 4.00. The minimum absolute atomic E-state index is 0.0555. The summed E-state index contributed by atoms with van der Waals surface area (Å²) in [6.45, 7) is 0.793. The summed E-state index contributed by atoms with van der Waals surface area (Å²) in [5.74, 6) is -0.185. The zero-order valence-corrected chi connectivity index (χ0v) is 19.1. The molecule has 1 fully saturated rings. The first-order chi connectivity index (χ1) is 16.4. The van der Waals surface area contributed by atoms with Gasteiger partial charge in [-0.2, -0.15) is 13.2 Å². The van der Waals surface area contributed by atoms with Crippen LogP contribution < -0.4 is 9.80 Å². The lowest BCUT2D eigenvalue weighted by Crippen LogP contribution is -2.38. The number of nitrogens with zero attached hydrogens (tertiary/aromatic N) is 5. The van der Waals surface area contributed by atoms with Crippen LogP contribution in [0.2, 0.25) is 0 Å². The van der Waals surface area contributed by atoms with Crippen LogP contribution >= 0.6 is 11.8 Å². The Balaban J connectivity index is 1.53. The molecule has 4 rings (SSSR count). The number of aromatic nitrogens is 3. The van der Waals surface area contributed by atoms with Crippen molar-refractivity contribution in [1.29, 1.82) is 0 Å². The van der Waals surface area contributed by atoms with Crippen LogP contribution in [-0.4, -0.2) is 58.9 Å². The summed E-state index contributed by atoms with van der Waals surface area (Å²) in [7, 11) is 0. The highest BCUT2D eigenvalue weighted by molar-refractivity contribution is 7.99. The Morgan fingerprint density at radius 2 is 1.65 bits per heavy atom. The van der Waals surface area contributed by atoms with Crippen molar-refractivity contribution in [2.45, 2.75) is 24.4 Å². The summed E-state index contributed by atoms with van der Waals surface area (Å²) in [6, 6.07) is 18.7. The van der Waals surface area contributed by atoms with Crippen LogP contribution in [0.3, 0.4) is 0 Å². The van der Waals surface area contributed by atoms with Crippen molar-refractivity contribution in [1.82, 2.24) is 14.8 Å². The van der Waals surface area contributed by atoms with Crippen molar-refractivity contribution in [3.63, 3.8) is 0 Å². The number of hydrogen-bond acceptors (Lipinski definition) is 6. The van der Waals surface area contributed by atoms with Crippen LogP contribution in [0.4, 0.5) is 24.8 Å². The van der Waals surface area contributed by atoms with Gasteiger partial charge in [0.2, 0.25) is 11.9 Å². The lowest BCUT2D eigenvalue weighted by Gasteiger charge is -2.28. The van der Waals surface area contributed by atoms with Crippen molar-refractivity contribution in [2.24, 2.45) is 0 Å². The maximum Gasteiger partial charge on any atom is 0.406 e. The van der Waals surface area contributed by atoms with E-state index in [1.807, 2.05) is 60.7 Å². The highest BCUT2D eigenvalue weighted by Gasteiger charge is 2.33. The third-order valence-electron chi connectivity index (χ3n) is 5.21. The van der Waals surface area contributed by atoms with Crippen LogP contribution in [0, 0.1) is 0 Å². The number of rotatable bonds is 8. The Labute approximate surface area is 199 Å². The van der Waals surface area contributed by atoms with Crippen LogP contribution in [0.25, 0.3) is 0 Å². The van der Waals surface area contributed by atoms with Gasteiger partial charge >= 0.3 is 6.18 Å². The summed E-state index contributed by atoms with van der Waals surface area (Å²) >= 11 is 0.954. The average molecular weight is 492 g/mol. The molecule has 0 spiro atoms. The predicted molar refractivity (Wildman–Crippen MR) is 124 cm³/mol. The molecule has 0 saturated carbocycles. The number of anilines is 2. The van der Waals surface area contributed by atoms with E-state index in [-0.39, 0.29) is 22.8 Å². The van der Waals surface area contributed by atoms with Gasteiger partial charge in [-0.3, -0.25) is 9.36 Å². The summed E-state index contributed by atoms with van der Waals surface area (Å²) < 4.78 is 46.3. The Bertz CT molecular complexity index is 1070. The molecule has 0 N–H and O–H groups in total. The first-order valence-corrected chi connectivity index (χ1v) is 11.7. The molecular formula is C23H24F3N5O2S. The molecule has 1 saturated heterocycles. The monoisotopic (exact) mass is 491 g/mol. The minimum Gasteiger partial charge on any atom is -0.378 e. The van der Waals surface area contributed by atoms with Gasteiger partial charge in [-0.15, -0.1) is 10.2 Å². The second-order valence-electron chi connectivity index (χ2n) is 7.67. The fourth-order valence-electron chi connectivity index (χ4n) is 3.60. The molecule has 1 aliphatic rings. The second-order valence-corrected chi connectivity index (χ2v) is 8.62. The molecule has 0 unspecified atom stereocenters. The van der Waals surface area contributed by atoms with E-state index in [1.165, 1.54) is 0 Å². The van der Waals surface area contributed by atoms with E-state index in [1.54, 1.807) is 9.80 Å². The Kier molecular flexibility index (Phi) is 7.73. The number of benzene rings is 2. The molecule has 2 aromatic carbocycles. The van der Waals surface area contributed by atoms with Gasteiger partial charge in [-0.25, -0.2) is 0 Å². The number of morpholine rings is 1. The second kappa shape index (κ2) is 10.9. The fraction of sp³-hybridized carbons (Fsp3) is 0.348. The number of ether oxygens (including phenoxy) is 1. The maximum absolute atomic E-state index is 13.3. The van der Waals surface area contributed by atoms with Crippen molar-refractivity contribution in [2.75, 3.05) is 41.9 Å². The van der Waals surface area contributed by atoms with E-state index in [4.69, 9.17) is 4.74 Å². The largest absolute Gasteiger partial charge is 0.406 e. The number of carbonyl (C=O) groups excluding carboxylic acids is 1. The summed E-state index contributed by atoms with van der Waals surface area (Å²) in [5, 5.41) is 8.05. The van der Waals surface area contributed by atoms with Crippen molar-refractivity contribution in [3.05, 3.63) is 66.2 Å². The van der Waals surface area contributed by atoms with Gasteiger partial charge in [0.25, 0.3) is 0 Å². The molecule has 11 heteroatoms. The van der Waals surface area contributed by atoms with Crippen LogP contribution in [0.1, 0.15) is 5.56 Å². The first kappa shape index (κ1) is 24.1. The number of thioether (sulfide) groups is 1. The molecule has 1 aromatic heterocycles. The standard InChI is InChI=1S/C23H24F3N5O2S/c24-23(25,26)17-31-21(29-11-13-33-14-12-29)27-28-22(31)34-16-20(32)30(19-9-5-2-6-10-19)15-18-7-3-1-4-8-18/h1-10H,11-17H2. The molecule has 0 aliphatic carbocycles. The summed E-state index contributed by atoms with van der Waals surface area (Å²) in [6.07, 6.45) is -4.45. The first-order valence-electron chi connectivity index (χ1n) is 10.8. The van der Waals surface area contributed by atoms with Crippen molar-refractivity contribution < 1.29 is 22.7 Å². The van der Waals surface area contributed by atoms with E-state index in [0.29, 0.717) is 38.5 Å². The third-order valence-corrected chi connectivity index (χ3v) is 6.16. The molecule has 0 radical (unpaired) electrons. The average Bonchev–Trinajstić information content (AvgIpc) is 3.23. The van der Waals surface area contributed by atoms with Crippen molar-refractivity contribution >= 4 is 29.3 Å². The van der Waals surface area contributed by atoms with Crippen LogP contribution in [-0.2, 0) is 22.6 Å². The normalized spacial score (nSPS) is 14.3. The molecule has 7 nitrogen and oxygen atoms in total.